The van der Waals surface area contributed by atoms with E-state index in [1.807, 2.05) is 6.20 Å². The second-order valence-corrected chi connectivity index (χ2v) is 3.82. The minimum Gasteiger partial charge on any atom is -0.397 e. The van der Waals surface area contributed by atoms with Gasteiger partial charge in [0.1, 0.15) is 11.0 Å². The smallest absolute Gasteiger partial charge is 0.110 e. The van der Waals surface area contributed by atoms with Gasteiger partial charge in [0.25, 0.3) is 0 Å². The van der Waals surface area contributed by atoms with Crippen LogP contribution in [0.2, 0.25) is 0 Å². The molecule has 1 saturated heterocycles. The number of aromatic nitrogens is 3. The molecule has 1 atom stereocenters. The molecule has 1 aliphatic heterocycles. The Balaban J connectivity index is 2.13. The fraction of sp³-hybridized carbons (Fsp3) is 0.400. The lowest BCUT2D eigenvalue weighted by atomic mass is 9.98. The first kappa shape index (κ1) is 8.67. The Bertz CT molecular complexity index is 487. The van der Waals surface area contributed by atoms with Crippen LogP contribution in [0.3, 0.4) is 0 Å². The molecule has 78 valence electrons. The lowest BCUT2D eigenvalue weighted by Crippen LogP contribution is -2.04. The third kappa shape index (κ3) is 1.27. The number of hydrogen-bond donors (Lipinski definition) is 2. The minimum absolute atomic E-state index is 0.380. The number of ether oxygens (including phenoxy) is 1. The summed E-state index contributed by atoms with van der Waals surface area (Å²) in [6.07, 6.45) is 4.54. The summed E-state index contributed by atoms with van der Waals surface area (Å²) in [5.41, 5.74) is 9.55. The van der Waals surface area contributed by atoms with Gasteiger partial charge in [0.2, 0.25) is 0 Å². The number of aromatic amines is 1. The molecule has 0 aromatic carbocycles. The lowest BCUT2D eigenvalue weighted by molar-refractivity contribution is 0.194. The first-order valence-corrected chi connectivity index (χ1v) is 5.01. The summed E-state index contributed by atoms with van der Waals surface area (Å²) in [6.45, 7) is 1.55. The van der Waals surface area contributed by atoms with Crippen molar-refractivity contribution in [3.63, 3.8) is 0 Å². The number of fused-ring (bicyclic) bond motifs is 1. The van der Waals surface area contributed by atoms with Crippen LogP contribution in [0.1, 0.15) is 17.9 Å². The predicted molar refractivity (Wildman–Crippen MR) is 56.5 cm³/mol. The number of pyridine rings is 1. The zero-order valence-electron chi connectivity index (χ0n) is 8.23. The van der Waals surface area contributed by atoms with Crippen LogP contribution in [0.15, 0.2) is 12.4 Å². The van der Waals surface area contributed by atoms with Gasteiger partial charge in [-0.15, -0.1) is 0 Å². The number of nitrogens with one attached hydrogen (secondary N) is 1. The van der Waals surface area contributed by atoms with E-state index in [1.54, 1.807) is 6.20 Å². The van der Waals surface area contributed by atoms with Gasteiger partial charge in [0, 0.05) is 24.3 Å². The number of hydrogen-bond acceptors (Lipinski definition) is 4. The van der Waals surface area contributed by atoms with Gasteiger partial charge in [0.15, 0.2) is 0 Å². The highest BCUT2D eigenvalue weighted by molar-refractivity contribution is 5.87. The van der Waals surface area contributed by atoms with Crippen LogP contribution < -0.4 is 5.73 Å². The highest BCUT2D eigenvalue weighted by Crippen LogP contribution is 2.31. The maximum absolute atomic E-state index is 6.08. The largest absolute Gasteiger partial charge is 0.397 e. The van der Waals surface area contributed by atoms with E-state index < -0.39 is 0 Å². The van der Waals surface area contributed by atoms with Gasteiger partial charge in [-0.3, -0.25) is 10.1 Å². The number of anilines is 1. The third-order valence-corrected chi connectivity index (χ3v) is 2.91. The van der Waals surface area contributed by atoms with E-state index in [-0.39, 0.29) is 0 Å². The minimum atomic E-state index is 0.380. The normalized spacial score (nSPS) is 21.2. The second-order valence-electron chi connectivity index (χ2n) is 3.82. The van der Waals surface area contributed by atoms with Crippen LogP contribution in [0.5, 0.6) is 0 Å². The Morgan fingerprint density at radius 2 is 2.40 bits per heavy atom. The van der Waals surface area contributed by atoms with Crippen molar-refractivity contribution in [2.45, 2.75) is 12.3 Å². The Labute approximate surface area is 86.6 Å². The lowest BCUT2D eigenvalue weighted by Gasteiger charge is -2.10. The molecule has 1 unspecified atom stereocenters. The highest BCUT2D eigenvalue weighted by atomic mass is 16.5. The second kappa shape index (κ2) is 3.20. The van der Waals surface area contributed by atoms with Crippen molar-refractivity contribution in [3.05, 3.63) is 18.0 Å². The number of H-pyrrole nitrogens is 1. The van der Waals surface area contributed by atoms with E-state index in [0.29, 0.717) is 5.92 Å². The molecule has 0 amide bonds. The zero-order chi connectivity index (χ0) is 10.3. The van der Waals surface area contributed by atoms with Crippen molar-refractivity contribution in [3.8, 4) is 0 Å². The first-order valence-electron chi connectivity index (χ1n) is 5.01. The average Bonchev–Trinajstić information content (AvgIpc) is 2.87. The Morgan fingerprint density at radius 3 is 3.20 bits per heavy atom. The van der Waals surface area contributed by atoms with E-state index in [1.165, 1.54) is 0 Å². The third-order valence-electron chi connectivity index (χ3n) is 2.91. The van der Waals surface area contributed by atoms with Crippen LogP contribution in [-0.2, 0) is 4.74 Å². The molecule has 2 aromatic heterocycles. The van der Waals surface area contributed by atoms with Gasteiger partial charge < -0.3 is 10.5 Å². The molecule has 5 heteroatoms. The van der Waals surface area contributed by atoms with E-state index in [4.69, 9.17) is 10.5 Å². The van der Waals surface area contributed by atoms with Gasteiger partial charge in [-0.1, -0.05) is 0 Å². The SMILES string of the molecule is Nc1c(C2CCOC2)cnc2cn[nH]c12. The Hall–Kier alpha value is -1.62. The van der Waals surface area contributed by atoms with Gasteiger partial charge in [-0.05, 0) is 6.42 Å². The highest BCUT2D eigenvalue weighted by Gasteiger charge is 2.21. The van der Waals surface area contributed by atoms with Crippen LogP contribution in [0, 0.1) is 0 Å². The maximum atomic E-state index is 6.08. The first-order chi connectivity index (χ1) is 7.36. The number of nitrogens with two attached hydrogens (primary N) is 1. The molecule has 0 spiro atoms. The summed E-state index contributed by atoms with van der Waals surface area (Å²) in [5, 5.41) is 6.80. The number of nitrogens with zero attached hydrogens (tertiary/aromatic N) is 2. The monoisotopic (exact) mass is 204 g/mol. The van der Waals surface area contributed by atoms with Crippen molar-refractivity contribution in [1.82, 2.24) is 15.2 Å². The van der Waals surface area contributed by atoms with E-state index in [2.05, 4.69) is 15.2 Å². The molecule has 0 radical (unpaired) electrons. The van der Waals surface area contributed by atoms with Crippen LogP contribution in [0.25, 0.3) is 11.0 Å². The van der Waals surface area contributed by atoms with Crippen molar-refractivity contribution in [1.29, 1.82) is 0 Å². The Morgan fingerprint density at radius 1 is 1.47 bits per heavy atom. The topological polar surface area (TPSA) is 76.8 Å². The quantitative estimate of drug-likeness (QED) is 0.727. The number of nitrogen functional groups attached to an aromatic ring is 1. The summed E-state index contributed by atoms with van der Waals surface area (Å²) in [4.78, 5) is 4.32. The maximum Gasteiger partial charge on any atom is 0.110 e. The van der Waals surface area contributed by atoms with Gasteiger partial charge >= 0.3 is 0 Å². The summed E-state index contributed by atoms with van der Waals surface area (Å²) >= 11 is 0. The summed E-state index contributed by atoms with van der Waals surface area (Å²) in [5.74, 6) is 0.380. The molecular formula is C10H12N4O. The van der Waals surface area contributed by atoms with Crippen LogP contribution in [0.4, 0.5) is 5.69 Å². The molecule has 15 heavy (non-hydrogen) atoms. The van der Waals surface area contributed by atoms with Crippen molar-refractivity contribution in [2.24, 2.45) is 0 Å². The molecule has 1 aliphatic rings. The van der Waals surface area contributed by atoms with Crippen LogP contribution >= 0.6 is 0 Å². The number of rotatable bonds is 1. The zero-order valence-corrected chi connectivity index (χ0v) is 8.23. The molecule has 3 heterocycles. The summed E-state index contributed by atoms with van der Waals surface area (Å²) < 4.78 is 5.35. The molecular weight excluding hydrogens is 192 g/mol. The average molecular weight is 204 g/mol. The van der Waals surface area contributed by atoms with Crippen molar-refractivity contribution >= 4 is 16.7 Å². The van der Waals surface area contributed by atoms with Crippen LogP contribution in [-0.4, -0.2) is 28.4 Å². The molecule has 1 fully saturated rings. The molecule has 5 nitrogen and oxygen atoms in total. The van der Waals surface area contributed by atoms with E-state index in [9.17, 15) is 0 Å². The van der Waals surface area contributed by atoms with Crippen molar-refractivity contribution in [2.75, 3.05) is 18.9 Å². The van der Waals surface area contributed by atoms with Crippen molar-refractivity contribution < 1.29 is 4.74 Å². The van der Waals surface area contributed by atoms with E-state index in [0.717, 1.165) is 41.9 Å². The van der Waals surface area contributed by atoms with Gasteiger partial charge in [-0.25, -0.2) is 0 Å². The molecule has 0 saturated carbocycles. The summed E-state index contributed by atoms with van der Waals surface area (Å²) in [7, 11) is 0. The van der Waals surface area contributed by atoms with Gasteiger partial charge in [-0.2, -0.15) is 5.10 Å². The predicted octanol–water partition coefficient (Wildman–Crippen LogP) is 1.04. The Kier molecular flexibility index (Phi) is 1.85. The fourth-order valence-corrected chi connectivity index (χ4v) is 2.03. The summed E-state index contributed by atoms with van der Waals surface area (Å²) in [6, 6.07) is 0. The standard InChI is InChI=1S/C10H12N4O/c11-9-7(6-1-2-15-5-6)3-12-8-4-13-14-10(8)9/h3-4,6H,1-2,5H2,(H2,11,12)(H,13,14). The molecule has 2 aromatic rings. The molecule has 0 aliphatic carbocycles. The van der Waals surface area contributed by atoms with E-state index >= 15 is 0 Å². The van der Waals surface area contributed by atoms with Gasteiger partial charge in [0.05, 0.1) is 18.5 Å². The molecule has 0 bridgehead atoms. The molecule has 3 N–H and O–H groups in total. The fourth-order valence-electron chi connectivity index (χ4n) is 2.03. The molecule has 3 rings (SSSR count).